The molecule has 0 saturated carbocycles. The van der Waals surface area contributed by atoms with Gasteiger partial charge in [-0.05, 0) is 18.1 Å². The van der Waals surface area contributed by atoms with E-state index in [-0.39, 0.29) is 22.9 Å². The second-order valence-electron chi connectivity index (χ2n) is 6.21. The van der Waals surface area contributed by atoms with Gasteiger partial charge in [-0.25, -0.2) is 0 Å². The molecular formula is C20H22N2O3S. The molecule has 2 unspecified atom stereocenters. The summed E-state index contributed by atoms with van der Waals surface area (Å²) in [6.45, 7) is 1.99. The van der Waals surface area contributed by atoms with Crippen LogP contribution >= 0.6 is 11.8 Å². The van der Waals surface area contributed by atoms with Gasteiger partial charge < -0.3 is 15.3 Å². The number of hydrogen-bond donors (Lipinski definition) is 2. The molecule has 136 valence electrons. The highest BCUT2D eigenvalue weighted by atomic mass is 32.2. The minimum Gasteiger partial charge on any atom is -0.508 e. The van der Waals surface area contributed by atoms with Crippen molar-refractivity contribution in [2.45, 2.75) is 24.8 Å². The van der Waals surface area contributed by atoms with Crippen LogP contribution in [0.3, 0.4) is 0 Å². The summed E-state index contributed by atoms with van der Waals surface area (Å²) >= 11 is 1.50. The van der Waals surface area contributed by atoms with Crippen LogP contribution in [0.4, 0.5) is 0 Å². The number of phenolic OH excluding ortho intramolecular Hbond substituents is 1. The minimum absolute atomic E-state index is 0.140. The van der Waals surface area contributed by atoms with E-state index >= 15 is 0 Å². The summed E-state index contributed by atoms with van der Waals surface area (Å²) in [6.07, 6.45) is 0.745. The SMILES string of the molecule is CC(=O)N1C(C(=O)NCCc2ccccc2)CSC1c1ccccc1O. The third kappa shape index (κ3) is 4.02. The lowest BCUT2D eigenvalue weighted by molar-refractivity contribution is -0.138. The van der Waals surface area contributed by atoms with Crippen molar-refractivity contribution in [2.24, 2.45) is 0 Å². The van der Waals surface area contributed by atoms with Gasteiger partial charge in [0.1, 0.15) is 17.2 Å². The van der Waals surface area contributed by atoms with Gasteiger partial charge in [-0.1, -0.05) is 48.5 Å². The van der Waals surface area contributed by atoms with Crippen LogP contribution in [0, 0.1) is 0 Å². The second-order valence-corrected chi connectivity index (χ2v) is 7.33. The van der Waals surface area contributed by atoms with Gasteiger partial charge >= 0.3 is 0 Å². The van der Waals surface area contributed by atoms with Crippen molar-refractivity contribution < 1.29 is 14.7 Å². The first-order chi connectivity index (χ1) is 12.6. The Bertz CT molecular complexity index is 782. The van der Waals surface area contributed by atoms with Gasteiger partial charge in [0, 0.05) is 24.8 Å². The van der Waals surface area contributed by atoms with Crippen molar-refractivity contribution in [3.63, 3.8) is 0 Å². The normalized spacial score (nSPS) is 19.3. The molecule has 0 radical (unpaired) electrons. The Morgan fingerprint density at radius 3 is 2.54 bits per heavy atom. The molecule has 1 aliphatic heterocycles. The van der Waals surface area contributed by atoms with Crippen molar-refractivity contribution in [3.05, 3.63) is 65.7 Å². The Kier molecular flexibility index (Phi) is 5.83. The summed E-state index contributed by atoms with van der Waals surface area (Å²) in [5, 5.41) is 12.7. The highest BCUT2D eigenvalue weighted by molar-refractivity contribution is 7.99. The number of thioether (sulfide) groups is 1. The van der Waals surface area contributed by atoms with Gasteiger partial charge in [-0.2, -0.15) is 0 Å². The summed E-state index contributed by atoms with van der Waals surface area (Å²) in [5.74, 6) is 0.324. The molecule has 26 heavy (non-hydrogen) atoms. The molecule has 0 aromatic heterocycles. The molecule has 2 aromatic carbocycles. The highest BCUT2D eigenvalue weighted by Gasteiger charge is 2.41. The molecule has 5 nitrogen and oxygen atoms in total. The number of phenols is 1. The zero-order chi connectivity index (χ0) is 18.5. The first kappa shape index (κ1) is 18.3. The van der Waals surface area contributed by atoms with Gasteiger partial charge in [0.15, 0.2) is 0 Å². The molecule has 1 fully saturated rings. The Morgan fingerprint density at radius 1 is 1.15 bits per heavy atom. The molecule has 2 N–H and O–H groups in total. The zero-order valence-electron chi connectivity index (χ0n) is 14.6. The number of hydrogen-bond acceptors (Lipinski definition) is 4. The monoisotopic (exact) mass is 370 g/mol. The molecule has 3 rings (SSSR count). The molecule has 0 aliphatic carbocycles. The Labute approximate surface area is 157 Å². The van der Waals surface area contributed by atoms with E-state index in [1.165, 1.54) is 18.7 Å². The number of aromatic hydroxyl groups is 1. The summed E-state index contributed by atoms with van der Waals surface area (Å²) in [6, 6.07) is 16.4. The maximum absolute atomic E-state index is 12.6. The first-order valence-corrected chi connectivity index (χ1v) is 9.63. The van der Waals surface area contributed by atoms with Crippen LogP contribution in [0.25, 0.3) is 0 Å². The van der Waals surface area contributed by atoms with E-state index in [0.717, 1.165) is 12.0 Å². The van der Waals surface area contributed by atoms with Gasteiger partial charge in [0.05, 0.1) is 0 Å². The van der Waals surface area contributed by atoms with Crippen molar-refractivity contribution in [1.82, 2.24) is 10.2 Å². The predicted octanol–water partition coefficient (Wildman–Crippen LogP) is 2.71. The van der Waals surface area contributed by atoms with Crippen LogP contribution in [0.5, 0.6) is 5.75 Å². The van der Waals surface area contributed by atoms with Crippen molar-refractivity contribution in [2.75, 3.05) is 12.3 Å². The third-order valence-electron chi connectivity index (χ3n) is 4.43. The van der Waals surface area contributed by atoms with Crippen LogP contribution in [0.2, 0.25) is 0 Å². The van der Waals surface area contributed by atoms with Gasteiger partial charge in [0.2, 0.25) is 11.8 Å². The minimum atomic E-state index is -0.530. The smallest absolute Gasteiger partial charge is 0.243 e. The van der Waals surface area contributed by atoms with Crippen molar-refractivity contribution >= 4 is 23.6 Å². The van der Waals surface area contributed by atoms with Crippen LogP contribution in [0.1, 0.15) is 23.4 Å². The summed E-state index contributed by atoms with van der Waals surface area (Å²) in [5.41, 5.74) is 1.82. The van der Waals surface area contributed by atoms with E-state index in [2.05, 4.69) is 5.32 Å². The number of para-hydroxylation sites is 1. The lowest BCUT2D eigenvalue weighted by Gasteiger charge is -2.28. The number of amides is 2. The summed E-state index contributed by atoms with van der Waals surface area (Å²) in [4.78, 5) is 26.4. The average molecular weight is 370 g/mol. The topological polar surface area (TPSA) is 69.6 Å². The molecule has 2 amide bonds. The van der Waals surface area contributed by atoms with Crippen LogP contribution in [-0.2, 0) is 16.0 Å². The fraction of sp³-hybridized carbons (Fsp3) is 0.300. The molecule has 6 heteroatoms. The standard InChI is InChI=1S/C20H22N2O3S/c1-14(23)22-17(13-26-20(22)16-9-5-6-10-18(16)24)19(25)21-12-11-15-7-3-2-4-8-15/h2-10,17,20,24H,11-13H2,1H3,(H,21,25). The number of rotatable bonds is 5. The second kappa shape index (κ2) is 8.27. The first-order valence-electron chi connectivity index (χ1n) is 8.58. The van der Waals surface area contributed by atoms with Gasteiger partial charge in [-0.3, -0.25) is 9.59 Å². The molecule has 0 spiro atoms. The number of nitrogens with one attached hydrogen (secondary N) is 1. The Morgan fingerprint density at radius 2 is 1.85 bits per heavy atom. The molecule has 0 bridgehead atoms. The molecule has 1 heterocycles. The largest absolute Gasteiger partial charge is 0.508 e. The van der Waals surface area contributed by atoms with Gasteiger partial charge in [0.25, 0.3) is 0 Å². The van der Waals surface area contributed by atoms with E-state index in [0.29, 0.717) is 17.9 Å². The molecular weight excluding hydrogens is 348 g/mol. The Balaban J connectivity index is 1.66. The Hall–Kier alpha value is -2.47. The maximum Gasteiger partial charge on any atom is 0.243 e. The zero-order valence-corrected chi connectivity index (χ0v) is 15.4. The van der Waals surface area contributed by atoms with E-state index < -0.39 is 6.04 Å². The fourth-order valence-corrected chi connectivity index (χ4v) is 4.63. The lowest BCUT2D eigenvalue weighted by Crippen LogP contribution is -2.47. The third-order valence-corrected chi connectivity index (χ3v) is 5.73. The quantitative estimate of drug-likeness (QED) is 0.849. The van der Waals surface area contributed by atoms with Crippen molar-refractivity contribution in [1.29, 1.82) is 0 Å². The maximum atomic E-state index is 12.6. The van der Waals surface area contributed by atoms with Crippen LogP contribution < -0.4 is 5.32 Å². The number of benzene rings is 2. The predicted molar refractivity (Wildman–Crippen MR) is 103 cm³/mol. The van der Waals surface area contributed by atoms with Crippen molar-refractivity contribution in [3.8, 4) is 5.75 Å². The number of carbonyl (C=O) groups excluding carboxylic acids is 2. The average Bonchev–Trinajstić information content (AvgIpc) is 3.08. The van der Waals surface area contributed by atoms with Crippen LogP contribution in [-0.4, -0.2) is 40.2 Å². The van der Waals surface area contributed by atoms with E-state index in [4.69, 9.17) is 0 Å². The van der Waals surface area contributed by atoms with Gasteiger partial charge in [-0.15, -0.1) is 11.8 Å². The molecule has 2 aromatic rings. The molecule has 1 saturated heterocycles. The molecule has 1 aliphatic rings. The highest BCUT2D eigenvalue weighted by Crippen LogP contribution is 2.44. The fourth-order valence-electron chi connectivity index (χ4n) is 3.12. The lowest BCUT2D eigenvalue weighted by atomic mass is 10.1. The number of carbonyl (C=O) groups is 2. The molecule has 2 atom stereocenters. The summed E-state index contributed by atoms with van der Waals surface area (Å²) < 4.78 is 0. The van der Waals surface area contributed by atoms with Crippen LogP contribution in [0.15, 0.2) is 54.6 Å². The van der Waals surface area contributed by atoms with E-state index in [1.807, 2.05) is 36.4 Å². The van der Waals surface area contributed by atoms with E-state index in [1.54, 1.807) is 23.1 Å². The summed E-state index contributed by atoms with van der Waals surface area (Å²) in [7, 11) is 0. The number of nitrogens with zero attached hydrogens (tertiary/aromatic N) is 1. The van der Waals surface area contributed by atoms with E-state index in [9.17, 15) is 14.7 Å².